The minimum atomic E-state index is -0.296. The molecule has 1 atom stereocenters. The molecule has 1 N–H and O–H groups in total. The molecule has 0 saturated heterocycles. The molecular weight excluding hydrogens is 304 g/mol. The Balaban J connectivity index is 1.94. The fourth-order valence-electron chi connectivity index (χ4n) is 2.05. The topological polar surface area (TPSA) is 60.3 Å². The van der Waals surface area contributed by atoms with Crippen molar-refractivity contribution >= 4 is 17.5 Å². The van der Waals surface area contributed by atoms with Gasteiger partial charge in [0, 0.05) is 30.9 Å². The van der Waals surface area contributed by atoms with Crippen molar-refractivity contribution in [3.05, 3.63) is 69.6 Å². The molecule has 1 aromatic carbocycles. The highest BCUT2D eigenvalue weighted by Crippen LogP contribution is 2.19. The third kappa shape index (κ3) is 4.44. The fraction of sp³-hybridized carbons (Fsp3) is 0.250. The van der Waals surface area contributed by atoms with Crippen LogP contribution in [-0.4, -0.2) is 24.1 Å². The number of carbonyl (C=O) groups is 1. The molecule has 1 heterocycles. The third-order valence-electron chi connectivity index (χ3n) is 3.20. The Morgan fingerprint density at radius 3 is 2.82 bits per heavy atom. The predicted molar refractivity (Wildman–Crippen MR) is 84.9 cm³/mol. The Morgan fingerprint density at radius 2 is 2.14 bits per heavy atom. The molecule has 0 aliphatic heterocycles. The lowest BCUT2D eigenvalue weighted by molar-refractivity contribution is -0.122. The number of methoxy groups -OCH3 is 1. The number of pyridine rings is 1. The lowest BCUT2D eigenvalue weighted by Crippen LogP contribution is -2.34. The minimum absolute atomic E-state index is 0.0222. The summed E-state index contributed by atoms with van der Waals surface area (Å²) in [7, 11) is 1.57. The van der Waals surface area contributed by atoms with Crippen LogP contribution in [0.4, 0.5) is 0 Å². The average molecular weight is 321 g/mol. The van der Waals surface area contributed by atoms with Crippen LogP contribution >= 0.6 is 11.6 Å². The molecule has 0 fully saturated rings. The van der Waals surface area contributed by atoms with Crippen LogP contribution in [-0.2, 0) is 16.1 Å². The van der Waals surface area contributed by atoms with E-state index in [-0.39, 0.29) is 24.1 Å². The van der Waals surface area contributed by atoms with E-state index in [0.717, 1.165) is 5.56 Å². The molecule has 0 spiro atoms. The Kier molecular flexibility index (Phi) is 5.75. The molecule has 6 heteroatoms. The lowest BCUT2D eigenvalue weighted by atomic mass is 10.1. The first-order valence-corrected chi connectivity index (χ1v) is 7.18. The van der Waals surface area contributed by atoms with Gasteiger partial charge in [0.05, 0.1) is 6.10 Å². The van der Waals surface area contributed by atoms with Crippen LogP contribution in [0.1, 0.15) is 11.7 Å². The maximum Gasteiger partial charge on any atom is 0.250 e. The summed E-state index contributed by atoms with van der Waals surface area (Å²) in [6.07, 6.45) is 1.28. The van der Waals surface area contributed by atoms with Gasteiger partial charge in [-0.05, 0) is 23.8 Å². The van der Waals surface area contributed by atoms with Gasteiger partial charge in [-0.3, -0.25) is 9.59 Å². The summed E-state index contributed by atoms with van der Waals surface area (Å²) in [5.74, 6) is -0.252. The number of aromatic nitrogens is 1. The maximum atomic E-state index is 11.9. The number of nitrogens with zero attached hydrogens (tertiary/aromatic N) is 1. The van der Waals surface area contributed by atoms with E-state index in [1.54, 1.807) is 37.6 Å². The zero-order valence-electron chi connectivity index (χ0n) is 12.2. The van der Waals surface area contributed by atoms with Crippen molar-refractivity contribution in [2.45, 2.75) is 12.6 Å². The molecule has 22 heavy (non-hydrogen) atoms. The first-order valence-electron chi connectivity index (χ1n) is 6.80. The van der Waals surface area contributed by atoms with Gasteiger partial charge in [0.1, 0.15) is 6.54 Å². The zero-order chi connectivity index (χ0) is 15.9. The van der Waals surface area contributed by atoms with Crippen molar-refractivity contribution in [2.24, 2.45) is 0 Å². The van der Waals surface area contributed by atoms with Gasteiger partial charge >= 0.3 is 0 Å². The van der Waals surface area contributed by atoms with Gasteiger partial charge in [0.15, 0.2) is 0 Å². The Labute approximate surface area is 133 Å². The fourth-order valence-corrected chi connectivity index (χ4v) is 2.25. The summed E-state index contributed by atoms with van der Waals surface area (Å²) < 4.78 is 6.72. The van der Waals surface area contributed by atoms with E-state index in [2.05, 4.69) is 5.32 Å². The highest BCUT2D eigenvalue weighted by molar-refractivity contribution is 6.30. The number of nitrogens with one attached hydrogen (secondary N) is 1. The molecule has 0 aliphatic carbocycles. The molecule has 0 saturated carbocycles. The summed E-state index contributed by atoms with van der Waals surface area (Å²) in [5.41, 5.74) is 0.669. The smallest absolute Gasteiger partial charge is 0.250 e. The van der Waals surface area contributed by atoms with Crippen molar-refractivity contribution in [1.29, 1.82) is 0 Å². The summed E-state index contributed by atoms with van der Waals surface area (Å²) in [6.45, 7) is 0.281. The zero-order valence-corrected chi connectivity index (χ0v) is 12.9. The number of rotatable bonds is 6. The van der Waals surface area contributed by atoms with Crippen molar-refractivity contribution < 1.29 is 9.53 Å². The normalized spacial score (nSPS) is 11.9. The number of hydrogen-bond donors (Lipinski definition) is 1. The van der Waals surface area contributed by atoms with Gasteiger partial charge < -0.3 is 14.6 Å². The van der Waals surface area contributed by atoms with E-state index >= 15 is 0 Å². The van der Waals surface area contributed by atoms with E-state index in [1.807, 2.05) is 12.1 Å². The molecule has 1 aromatic heterocycles. The molecular formula is C16H17ClN2O3. The molecule has 5 nitrogen and oxygen atoms in total. The second-order valence-corrected chi connectivity index (χ2v) is 5.19. The van der Waals surface area contributed by atoms with Gasteiger partial charge in [0.25, 0.3) is 5.56 Å². The number of amides is 1. The van der Waals surface area contributed by atoms with Crippen molar-refractivity contribution in [2.75, 3.05) is 13.7 Å². The second kappa shape index (κ2) is 7.77. The largest absolute Gasteiger partial charge is 0.375 e. The van der Waals surface area contributed by atoms with Crippen LogP contribution in [0.25, 0.3) is 0 Å². The van der Waals surface area contributed by atoms with Crippen LogP contribution < -0.4 is 10.9 Å². The standard InChI is InChI=1S/C16H17ClN2O3/c1-22-14(12-5-4-6-13(17)9-12)10-18-15(20)11-19-8-3-2-7-16(19)21/h2-9,14H,10-11H2,1H3,(H,18,20)/t14-/m1/s1. The first-order chi connectivity index (χ1) is 10.6. The van der Waals surface area contributed by atoms with E-state index in [0.29, 0.717) is 11.6 Å². The maximum absolute atomic E-state index is 11.9. The van der Waals surface area contributed by atoms with Crippen molar-refractivity contribution in [1.82, 2.24) is 9.88 Å². The number of ether oxygens (including phenoxy) is 1. The van der Waals surface area contributed by atoms with E-state index < -0.39 is 0 Å². The summed E-state index contributed by atoms with van der Waals surface area (Å²) >= 11 is 5.95. The van der Waals surface area contributed by atoms with Gasteiger partial charge in [-0.2, -0.15) is 0 Å². The molecule has 2 rings (SSSR count). The van der Waals surface area contributed by atoms with Crippen molar-refractivity contribution in [3.8, 4) is 0 Å². The quantitative estimate of drug-likeness (QED) is 0.885. The predicted octanol–water partition coefficient (Wildman–Crippen LogP) is 2.01. The molecule has 0 aliphatic rings. The van der Waals surface area contributed by atoms with Gasteiger partial charge in [-0.25, -0.2) is 0 Å². The molecule has 116 valence electrons. The number of benzene rings is 1. The second-order valence-electron chi connectivity index (χ2n) is 4.75. The highest BCUT2D eigenvalue weighted by Gasteiger charge is 2.12. The van der Waals surface area contributed by atoms with Crippen LogP contribution in [0.5, 0.6) is 0 Å². The van der Waals surface area contributed by atoms with Crippen molar-refractivity contribution in [3.63, 3.8) is 0 Å². The monoisotopic (exact) mass is 320 g/mol. The van der Waals surface area contributed by atoms with Gasteiger partial charge in [-0.1, -0.05) is 29.8 Å². The van der Waals surface area contributed by atoms with Gasteiger partial charge in [-0.15, -0.1) is 0 Å². The number of hydrogen-bond acceptors (Lipinski definition) is 3. The summed E-state index contributed by atoms with van der Waals surface area (Å²) in [4.78, 5) is 23.5. The van der Waals surface area contributed by atoms with E-state index in [9.17, 15) is 9.59 Å². The lowest BCUT2D eigenvalue weighted by Gasteiger charge is -2.17. The Morgan fingerprint density at radius 1 is 1.32 bits per heavy atom. The summed E-state index contributed by atoms with van der Waals surface area (Å²) in [5, 5.41) is 3.37. The molecule has 2 aromatic rings. The van der Waals surface area contributed by atoms with E-state index in [1.165, 1.54) is 10.6 Å². The van der Waals surface area contributed by atoms with Crippen LogP contribution in [0.3, 0.4) is 0 Å². The number of halogens is 1. The first kappa shape index (κ1) is 16.3. The molecule has 0 bridgehead atoms. The van der Waals surface area contributed by atoms with Crippen LogP contribution in [0.15, 0.2) is 53.5 Å². The Bertz CT molecular complexity index is 700. The SMILES string of the molecule is CO[C@H](CNC(=O)Cn1ccccc1=O)c1cccc(Cl)c1. The Hall–Kier alpha value is -2.11. The average Bonchev–Trinajstić information content (AvgIpc) is 2.50. The molecule has 1 amide bonds. The molecule has 0 unspecified atom stereocenters. The summed E-state index contributed by atoms with van der Waals surface area (Å²) in [6, 6.07) is 12.0. The van der Waals surface area contributed by atoms with Crippen LogP contribution in [0, 0.1) is 0 Å². The van der Waals surface area contributed by atoms with Gasteiger partial charge in [0.2, 0.25) is 5.91 Å². The highest BCUT2D eigenvalue weighted by atomic mass is 35.5. The minimum Gasteiger partial charge on any atom is -0.375 e. The number of carbonyl (C=O) groups excluding carboxylic acids is 1. The molecule has 0 radical (unpaired) electrons. The van der Waals surface area contributed by atoms with Crippen LogP contribution in [0.2, 0.25) is 5.02 Å². The third-order valence-corrected chi connectivity index (χ3v) is 3.44. The van der Waals surface area contributed by atoms with E-state index in [4.69, 9.17) is 16.3 Å².